The Morgan fingerprint density at radius 1 is 1.33 bits per heavy atom. The van der Waals surface area contributed by atoms with Crippen LogP contribution in [-0.2, 0) is 0 Å². The summed E-state index contributed by atoms with van der Waals surface area (Å²) < 4.78 is 26.3. The molecule has 1 aliphatic carbocycles. The summed E-state index contributed by atoms with van der Waals surface area (Å²) in [7, 11) is 0. The van der Waals surface area contributed by atoms with Gasteiger partial charge in [-0.05, 0) is 37.8 Å². The topological polar surface area (TPSA) is 29.1 Å². The third-order valence-corrected chi connectivity index (χ3v) is 3.06. The van der Waals surface area contributed by atoms with Crippen molar-refractivity contribution in [3.8, 4) is 0 Å². The van der Waals surface area contributed by atoms with Crippen molar-refractivity contribution >= 4 is 5.91 Å². The molecule has 0 unspecified atom stereocenters. The summed E-state index contributed by atoms with van der Waals surface area (Å²) in [6.07, 6.45) is 6.30. The van der Waals surface area contributed by atoms with Crippen LogP contribution >= 0.6 is 0 Å². The molecule has 1 N–H and O–H groups in total. The van der Waals surface area contributed by atoms with Crippen LogP contribution in [0.5, 0.6) is 0 Å². The summed E-state index contributed by atoms with van der Waals surface area (Å²) in [5.41, 5.74) is 1.09. The number of amides is 1. The highest BCUT2D eigenvalue weighted by Crippen LogP contribution is 2.19. The Bertz CT molecular complexity index is 483. The van der Waals surface area contributed by atoms with Gasteiger partial charge in [0, 0.05) is 6.54 Å². The first-order chi connectivity index (χ1) is 8.68. The smallest absolute Gasteiger partial charge is 0.254 e. The molecule has 0 heterocycles. The van der Waals surface area contributed by atoms with Gasteiger partial charge in [0.05, 0.1) is 5.56 Å². The van der Waals surface area contributed by atoms with Gasteiger partial charge in [-0.3, -0.25) is 4.79 Å². The Morgan fingerprint density at radius 3 is 2.89 bits per heavy atom. The Hall–Kier alpha value is -1.71. The van der Waals surface area contributed by atoms with Crippen molar-refractivity contribution in [3.05, 3.63) is 47.0 Å². The van der Waals surface area contributed by atoms with E-state index in [-0.39, 0.29) is 5.56 Å². The van der Waals surface area contributed by atoms with Crippen molar-refractivity contribution in [1.82, 2.24) is 5.32 Å². The van der Waals surface area contributed by atoms with E-state index in [4.69, 9.17) is 0 Å². The zero-order chi connectivity index (χ0) is 13.0. The maximum atomic E-state index is 13.3. The lowest BCUT2D eigenvalue weighted by Gasteiger charge is -2.07. The van der Waals surface area contributed by atoms with Gasteiger partial charge in [-0.1, -0.05) is 17.7 Å². The van der Waals surface area contributed by atoms with Crippen molar-refractivity contribution in [2.75, 3.05) is 6.54 Å². The molecule has 0 spiro atoms. The minimum atomic E-state index is -1.09. The van der Waals surface area contributed by atoms with E-state index in [0.29, 0.717) is 6.54 Å². The standard InChI is InChI=1S/C14H15F2NO/c15-12-7-3-6-11(13(12)16)14(18)17-9-8-10-4-1-2-5-10/h3-4,6-7H,1-2,5,8-9H2,(H,17,18). The molecule has 0 saturated heterocycles. The lowest BCUT2D eigenvalue weighted by molar-refractivity contribution is 0.0949. The Balaban J connectivity index is 1.89. The van der Waals surface area contributed by atoms with Crippen LogP contribution in [0, 0.1) is 11.6 Å². The number of halogens is 2. The monoisotopic (exact) mass is 251 g/mol. The number of nitrogens with one attached hydrogen (secondary N) is 1. The maximum absolute atomic E-state index is 13.3. The first-order valence-corrected chi connectivity index (χ1v) is 6.08. The van der Waals surface area contributed by atoms with Crippen LogP contribution in [0.15, 0.2) is 29.8 Å². The van der Waals surface area contributed by atoms with Gasteiger partial charge >= 0.3 is 0 Å². The van der Waals surface area contributed by atoms with Gasteiger partial charge < -0.3 is 5.32 Å². The summed E-state index contributed by atoms with van der Waals surface area (Å²) in [5.74, 6) is -2.65. The molecule has 2 rings (SSSR count). The summed E-state index contributed by atoms with van der Waals surface area (Å²) in [6, 6.07) is 3.60. The molecule has 1 aliphatic rings. The Labute approximate surface area is 105 Å². The van der Waals surface area contributed by atoms with Gasteiger partial charge in [0.25, 0.3) is 5.91 Å². The van der Waals surface area contributed by atoms with Crippen LogP contribution in [0.1, 0.15) is 36.0 Å². The molecule has 0 atom stereocenters. The van der Waals surface area contributed by atoms with E-state index in [1.807, 2.05) is 0 Å². The van der Waals surface area contributed by atoms with Crippen LogP contribution in [0.4, 0.5) is 8.78 Å². The number of hydrogen-bond acceptors (Lipinski definition) is 1. The van der Waals surface area contributed by atoms with Crippen LogP contribution in [0.2, 0.25) is 0 Å². The summed E-state index contributed by atoms with van der Waals surface area (Å²) in [4.78, 5) is 11.7. The highest BCUT2D eigenvalue weighted by Gasteiger charge is 2.14. The second kappa shape index (κ2) is 5.76. The van der Waals surface area contributed by atoms with E-state index >= 15 is 0 Å². The van der Waals surface area contributed by atoms with E-state index in [0.717, 1.165) is 25.3 Å². The van der Waals surface area contributed by atoms with E-state index in [1.54, 1.807) is 0 Å². The molecule has 0 bridgehead atoms. The van der Waals surface area contributed by atoms with Gasteiger partial charge in [-0.2, -0.15) is 0 Å². The number of benzene rings is 1. The van der Waals surface area contributed by atoms with Crippen molar-refractivity contribution in [2.24, 2.45) is 0 Å². The minimum absolute atomic E-state index is 0.240. The average Bonchev–Trinajstić information content (AvgIpc) is 2.85. The first-order valence-electron chi connectivity index (χ1n) is 6.08. The van der Waals surface area contributed by atoms with E-state index in [2.05, 4.69) is 11.4 Å². The largest absolute Gasteiger partial charge is 0.352 e. The van der Waals surface area contributed by atoms with Crippen molar-refractivity contribution in [2.45, 2.75) is 25.7 Å². The molecule has 18 heavy (non-hydrogen) atoms. The molecule has 0 saturated carbocycles. The molecular weight excluding hydrogens is 236 g/mol. The lowest BCUT2D eigenvalue weighted by Crippen LogP contribution is -2.25. The molecule has 1 amide bonds. The number of carbonyl (C=O) groups is 1. The van der Waals surface area contributed by atoms with Crippen LogP contribution < -0.4 is 5.32 Å². The fourth-order valence-corrected chi connectivity index (χ4v) is 2.08. The normalized spacial score (nSPS) is 14.4. The van der Waals surface area contributed by atoms with Crippen LogP contribution in [-0.4, -0.2) is 12.5 Å². The van der Waals surface area contributed by atoms with E-state index in [1.165, 1.54) is 24.1 Å². The molecular formula is C14H15F2NO. The molecule has 0 fully saturated rings. The number of hydrogen-bond donors (Lipinski definition) is 1. The molecule has 1 aromatic carbocycles. The van der Waals surface area contributed by atoms with Gasteiger partial charge in [0.1, 0.15) is 0 Å². The molecule has 0 aromatic heterocycles. The lowest BCUT2D eigenvalue weighted by atomic mass is 10.1. The Morgan fingerprint density at radius 2 is 2.17 bits per heavy atom. The van der Waals surface area contributed by atoms with E-state index in [9.17, 15) is 13.6 Å². The number of carbonyl (C=O) groups excluding carboxylic acids is 1. The zero-order valence-corrected chi connectivity index (χ0v) is 10.0. The van der Waals surface area contributed by atoms with Gasteiger partial charge in [0.15, 0.2) is 11.6 Å². The predicted molar refractivity (Wildman–Crippen MR) is 65.2 cm³/mol. The number of allylic oxidation sites excluding steroid dienone is 1. The maximum Gasteiger partial charge on any atom is 0.254 e. The Kier molecular flexibility index (Phi) is 4.07. The van der Waals surface area contributed by atoms with Gasteiger partial charge in [0.2, 0.25) is 0 Å². The second-order valence-corrected chi connectivity index (χ2v) is 4.36. The molecule has 0 radical (unpaired) electrons. The predicted octanol–water partition coefficient (Wildman–Crippen LogP) is 3.20. The van der Waals surface area contributed by atoms with E-state index < -0.39 is 17.5 Å². The highest BCUT2D eigenvalue weighted by atomic mass is 19.2. The average molecular weight is 251 g/mol. The van der Waals surface area contributed by atoms with Crippen molar-refractivity contribution in [1.29, 1.82) is 0 Å². The highest BCUT2D eigenvalue weighted by molar-refractivity contribution is 5.94. The summed E-state index contributed by atoms with van der Waals surface area (Å²) in [5, 5.41) is 2.61. The number of rotatable bonds is 4. The second-order valence-electron chi connectivity index (χ2n) is 4.36. The quantitative estimate of drug-likeness (QED) is 0.818. The molecule has 0 aliphatic heterocycles. The van der Waals surface area contributed by atoms with Gasteiger partial charge in [-0.15, -0.1) is 0 Å². The molecule has 96 valence electrons. The van der Waals surface area contributed by atoms with Crippen molar-refractivity contribution < 1.29 is 13.6 Å². The van der Waals surface area contributed by atoms with Crippen molar-refractivity contribution in [3.63, 3.8) is 0 Å². The van der Waals surface area contributed by atoms with Crippen LogP contribution in [0.25, 0.3) is 0 Å². The molecule has 1 aromatic rings. The molecule has 4 heteroatoms. The fourth-order valence-electron chi connectivity index (χ4n) is 2.08. The fraction of sp³-hybridized carbons (Fsp3) is 0.357. The third-order valence-electron chi connectivity index (χ3n) is 3.06. The zero-order valence-electron chi connectivity index (χ0n) is 10.0. The molecule has 2 nitrogen and oxygen atoms in total. The SMILES string of the molecule is O=C(NCCC1=CCCC1)c1cccc(F)c1F. The first kappa shape index (κ1) is 12.7. The minimum Gasteiger partial charge on any atom is -0.352 e. The summed E-state index contributed by atoms with van der Waals surface area (Å²) >= 11 is 0. The summed E-state index contributed by atoms with van der Waals surface area (Å²) in [6.45, 7) is 0.459. The third kappa shape index (κ3) is 2.94. The van der Waals surface area contributed by atoms with Gasteiger partial charge in [-0.25, -0.2) is 8.78 Å². The van der Waals surface area contributed by atoms with Crippen LogP contribution in [0.3, 0.4) is 0 Å².